The Bertz CT molecular complexity index is 294. The first-order valence-electron chi connectivity index (χ1n) is 7.79. The first-order chi connectivity index (χ1) is 8.42. The van der Waals surface area contributed by atoms with E-state index < -0.39 is 0 Å². The monoisotopic (exact) mass is 234 g/mol. The van der Waals surface area contributed by atoms with Gasteiger partial charge in [0.05, 0.1) is 6.10 Å². The molecule has 0 bridgehead atoms. The fourth-order valence-electron chi connectivity index (χ4n) is 3.82. The predicted molar refractivity (Wildman–Crippen MR) is 71.1 cm³/mol. The van der Waals surface area contributed by atoms with Gasteiger partial charge >= 0.3 is 0 Å². The number of epoxide rings is 1. The summed E-state index contributed by atoms with van der Waals surface area (Å²) in [6.45, 7) is 0. The maximum absolute atomic E-state index is 6.19. The third-order valence-electron chi connectivity index (χ3n) is 4.91. The Hall–Kier alpha value is -0.300. The Labute approximate surface area is 106 Å². The molecule has 1 heterocycles. The van der Waals surface area contributed by atoms with Crippen LogP contribution in [0.3, 0.4) is 0 Å². The van der Waals surface area contributed by atoms with Crippen LogP contribution in [0.25, 0.3) is 0 Å². The van der Waals surface area contributed by atoms with Crippen molar-refractivity contribution in [1.82, 2.24) is 0 Å². The zero-order valence-corrected chi connectivity index (χ0v) is 11.0. The lowest BCUT2D eigenvalue weighted by Crippen LogP contribution is -2.20. The van der Waals surface area contributed by atoms with Gasteiger partial charge in [-0.3, -0.25) is 0 Å². The highest BCUT2D eigenvalue weighted by Crippen LogP contribution is 2.52. The third kappa shape index (κ3) is 2.45. The van der Waals surface area contributed by atoms with Crippen LogP contribution in [-0.4, -0.2) is 11.7 Å². The summed E-state index contributed by atoms with van der Waals surface area (Å²) in [4.78, 5) is 0. The molecular formula is C16H26O. The van der Waals surface area contributed by atoms with Gasteiger partial charge in [-0.25, -0.2) is 0 Å². The SMILES string of the molecule is C1=C(C23CCCCCCC2O3)CCCCCC1. The second-order valence-electron chi connectivity index (χ2n) is 6.13. The Morgan fingerprint density at radius 2 is 1.76 bits per heavy atom. The predicted octanol–water partition coefficient (Wildman–Crippen LogP) is 4.76. The maximum atomic E-state index is 6.19. The van der Waals surface area contributed by atoms with E-state index in [0.717, 1.165) is 0 Å². The molecule has 17 heavy (non-hydrogen) atoms. The molecule has 0 aromatic heterocycles. The molecular weight excluding hydrogens is 208 g/mol. The summed E-state index contributed by atoms with van der Waals surface area (Å²) in [5.41, 5.74) is 1.92. The summed E-state index contributed by atoms with van der Waals surface area (Å²) >= 11 is 0. The standard InChI is InChI=1S/C16H26O/c1-2-6-10-14(11-7-3-1)16-13-9-5-4-8-12-15(16)17-16/h10,15H,1-9,11-13H2. The van der Waals surface area contributed by atoms with Crippen LogP contribution < -0.4 is 0 Å². The van der Waals surface area contributed by atoms with Gasteiger partial charge in [0.25, 0.3) is 0 Å². The summed E-state index contributed by atoms with van der Waals surface area (Å²) in [6.07, 6.45) is 19.6. The number of ether oxygens (including phenoxy) is 1. The molecule has 1 saturated heterocycles. The molecule has 1 aliphatic heterocycles. The minimum absolute atomic E-state index is 0.234. The van der Waals surface area contributed by atoms with Gasteiger partial charge in [-0.2, -0.15) is 0 Å². The molecule has 0 N–H and O–H groups in total. The molecule has 96 valence electrons. The minimum Gasteiger partial charge on any atom is -0.361 e. The van der Waals surface area contributed by atoms with Crippen molar-refractivity contribution in [2.24, 2.45) is 0 Å². The van der Waals surface area contributed by atoms with Crippen LogP contribution in [0.1, 0.15) is 77.0 Å². The molecule has 3 aliphatic rings. The Morgan fingerprint density at radius 3 is 2.76 bits per heavy atom. The topological polar surface area (TPSA) is 12.5 Å². The van der Waals surface area contributed by atoms with Gasteiger partial charge in [0.1, 0.15) is 5.60 Å². The third-order valence-corrected chi connectivity index (χ3v) is 4.91. The molecule has 0 radical (unpaired) electrons. The van der Waals surface area contributed by atoms with Crippen LogP contribution in [0.2, 0.25) is 0 Å². The van der Waals surface area contributed by atoms with Crippen LogP contribution in [-0.2, 0) is 4.74 Å². The Morgan fingerprint density at radius 1 is 0.941 bits per heavy atom. The summed E-state index contributed by atoms with van der Waals surface area (Å²) in [6, 6.07) is 0. The molecule has 2 unspecified atom stereocenters. The zero-order chi connectivity index (χ0) is 11.6. The summed E-state index contributed by atoms with van der Waals surface area (Å²) in [5.74, 6) is 0. The average molecular weight is 234 g/mol. The van der Waals surface area contributed by atoms with Gasteiger partial charge < -0.3 is 4.74 Å². The van der Waals surface area contributed by atoms with Crippen LogP contribution in [0.4, 0.5) is 0 Å². The van der Waals surface area contributed by atoms with Gasteiger partial charge in [0.2, 0.25) is 0 Å². The molecule has 2 fully saturated rings. The summed E-state index contributed by atoms with van der Waals surface area (Å²) < 4.78 is 6.19. The van der Waals surface area contributed by atoms with Crippen LogP contribution in [0.15, 0.2) is 11.6 Å². The molecule has 1 heteroatoms. The van der Waals surface area contributed by atoms with E-state index in [4.69, 9.17) is 4.74 Å². The van der Waals surface area contributed by atoms with Crippen molar-refractivity contribution in [1.29, 1.82) is 0 Å². The van der Waals surface area contributed by atoms with E-state index in [9.17, 15) is 0 Å². The average Bonchev–Trinajstić information content (AvgIpc) is 2.91. The molecule has 1 saturated carbocycles. The van der Waals surface area contributed by atoms with Gasteiger partial charge in [-0.15, -0.1) is 0 Å². The summed E-state index contributed by atoms with van der Waals surface area (Å²) in [7, 11) is 0. The van der Waals surface area contributed by atoms with Crippen LogP contribution >= 0.6 is 0 Å². The molecule has 1 nitrogen and oxygen atoms in total. The highest BCUT2D eigenvalue weighted by atomic mass is 16.6. The van der Waals surface area contributed by atoms with Gasteiger partial charge in [-0.05, 0) is 44.1 Å². The molecule has 0 amide bonds. The van der Waals surface area contributed by atoms with Crippen molar-refractivity contribution in [3.63, 3.8) is 0 Å². The first kappa shape index (κ1) is 11.8. The number of hydrogen-bond acceptors (Lipinski definition) is 1. The number of fused-ring (bicyclic) bond motifs is 1. The number of hydrogen-bond donors (Lipinski definition) is 0. The fourth-order valence-corrected chi connectivity index (χ4v) is 3.82. The van der Waals surface area contributed by atoms with Crippen molar-refractivity contribution < 1.29 is 4.74 Å². The zero-order valence-electron chi connectivity index (χ0n) is 11.0. The lowest BCUT2D eigenvalue weighted by Gasteiger charge is -2.21. The molecule has 0 aromatic rings. The molecule has 0 aromatic carbocycles. The first-order valence-corrected chi connectivity index (χ1v) is 7.79. The lowest BCUT2D eigenvalue weighted by atomic mass is 9.82. The largest absolute Gasteiger partial charge is 0.361 e. The second-order valence-corrected chi connectivity index (χ2v) is 6.13. The molecule has 2 aliphatic carbocycles. The van der Waals surface area contributed by atoms with Gasteiger partial charge in [-0.1, -0.05) is 44.6 Å². The summed E-state index contributed by atoms with van der Waals surface area (Å²) in [5, 5.41) is 0. The van der Waals surface area contributed by atoms with E-state index in [0.29, 0.717) is 6.10 Å². The maximum Gasteiger partial charge on any atom is 0.116 e. The molecule has 0 spiro atoms. The van der Waals surface area contributed by atoms with E-state index in [-0.39, 0.29) is 5.60 Å². The smallest absolute Gasteiger partial charge is 0.116 e. The van der Waals surface area contributed by atoms with Crippen molar-refractivity contribution >= 4 is 0 Å². The quantitative estimate of drug-likeness (QED) is 0.471. The Kier molecular flexibility index (Phi) is 3.56. The van der Waals surface area contributed by atoms with E-state index in [1.165, 1.54) is 77.0 Å². The second kappa shape index (κ2) is 5.14. The van der Waals surface area contributed by atoms with Crippen molar-refractivity contribution in [3.8, 4) is 0 Å². The van der Waals surface area contributed by atoms with Crippen molar-refractivity contribution in [3.05, 3.63) is 11.6 Å². The van der Waals surface area contributed by atoms with E-state index in [1.54, 1.807) is 5.57 Å². The Balaban J connectivity index is 1.72. The van der Waals surface area contributed by atoms with Crippen molar-refractivity contribution in [2.45, 2.75) is 88.8 Å². The molecule has 2 atom stereocenters. The van der Waals surface area contributed by atoms with Crippen LogP contribution in [0.5, 0.6) is 0 Å². The van der Waals surface area contributed by atoms with E-state index in [1.807, 2.05) is 0 Å². The van der Waals surface area contributed by atoms with E-state index in [2.05, 4.69) is 6.08 Å². The van der Waals surface area contributed by atoms with Gasteiger partial charge in [0.15, 0.2) is 0 Å². The van der Waals surface area contributed by atoms with Crippen LogP contribution in [0, 0.1) is 0 Å². The lowest BCUT2D eigenvalue weighted by molar-refractivity contribution is 0.299. The molecule has 3 rings (SSSR count). The minimum atomic E-state index is 0.234. The number of rotatable bonds is 1. The number of allylic oxidation sites excluding steroid dienone is 1. The highest BCUT2D eigenvalue weighted by molar-refractivity contribution is 5.28. The fraction of sp³-hybridized carbons (Fsp3) is 0.875. The van der Waals surface area contributed by atoms with Crippen molar-refractivity contribution in [2.75, 3.05) is 0 Å². The highest BCUT2D eigenvalue weighted by Gasteiger charge is 2.57. The van der Waals surface area contributed by atoms with E-state index >= 15 is 0 Å². The van der Waals surface area contributed by atoms with Gasteiger partial charge in [0, 0.05) is 0 Å². The normalized spacial score (nSPS) is 39.1.